The topological polar surface area (TPSA) is 83.8 Å². The van der Waals surface area contributed by atoms with Crippen LogP contribution in [0, 0.1) is 5.82 Å². The van der Waals surface area contributed by atoms with Crippen molar-refractivity contribution in [3.63, 3.8) is 0 Å². The Morgan fingerprint density at radius 3 is 2.25 bits per heavy atom. The molecule has 5 nitrogen and oxygen atoms in total. The minimum absolute atomic E-state index is 0.267. The second-order valence-corrected chi connectivity index (χ2v) is 5.46. The molecule has 2 aromatic rings. The molecule has 9 heteroatoms. The summed E-state index contributed by atoms with van der Waals surface area (Å²) in [6.45, 7) is 0. The Morgan fingerprint density at radius 1 is 1.12 bits per heavy atom. The number of rotatable bonds is 6. The molecule has 2 aromatic carbocycles. The number of hydrogen-bond donors (Lipinski definition) is 2. The first-order chi connectivity index (χ1) is 11.3. The molecule has 2 rings (SSSR count). The third-order valence-electron chi connectivity index (χ3n) is 3.35. The Balaban J connectivity index is 2.91. The van der Waals surface area contributed by atoms with Gasteiger partial charge in [0.25, 0.3) is 6.43 Å². The number of halogens is 3. The van der Waals surface area contributed by atoms with E-state index in [1.807, 2.05) is 0 Å². The van der Waals surface area contributed by atoms with Gasteiger partial charge >= 0.3 is 14.2 Å². The number of carboxylic acid groups (broad SMARTS) is 1. The largest absolute Gasteiger partial charge is 0.479 e. The Kier molecular flexibility index (Phi) is 5.43. The maximum Gasteiger partial charge on any atom is 0.346 e. The van der Waals surface area contributed by atoms with Crippen LogP contribution in [-0.4, -0.2) is 16.0 Å². The lowest BCUT2D eigenvalue weighted by atomic mass is 9.83. The number of hydrogen-bond acceptors (Lipinski definition) is 3. The zero-order chi connectivity index (χ0) is 17.9. The molecule has 0 radical (unpaired) electrons. The third-order valence-corrected chi connectivity index (χ3v) is 3.84. The van der Waals surface area contributed by atoms with E-state index >= 15 is 0 Å². The standard InChI is InChI=1S/C15H12F3O5P/c16-11-8-4-7-10(13(17)18)12(11)15(14(19)20,23-24(21)22)9-5-2-1-3-6-9/h1-8,13,24H,(H,19,20)(H,21,22). The van der Waals surface area contributed by atoms with Gasteiger partial charge in [-0.15, -0.1) is 0 Å². The molecule has 0 spiro atoms. The Hall–Kier alpha value is -2.15. The van der Waals surface area contributed by atoms with Gasteiger partial charge in [-0.25, -0.2) is 18.0 Å². The molecule has 0 aliphatic heterocycles. The fraction of sp³-hybridized carbons (Fsp3) is 0.133. The molecule has 0 saturated carbocycles. The first-order valence-corrected chi connectivity index (χ1v) is 7.85. The summed E-state index contributed by atoms with van der Waals surface area (Å²) in [5, 5.41) is 9.64. The summed E-state index contributed by atoms with van der Waals surface area (Å²) in [5.41, 5.74) is -5.10. The average Bonchev–Trinajstić information content (AvgIpc) is 2.53. The zero-order valence-corrected chi connectivity index (χ0v) is 12.9. The van der Waals surface area contributed by atoms with Crippen LogP contribution in [0.25, 0.3) is 0 Å². The van der Waals surface area contributed by atoms with Crippen molar-refractivity contribution in [2.45, 2.75) is 12.0 Å². The van der Waals surface area contributed by atoms with Crippen LogP contribution in [-0.2, 0) is 19.5 Å². The maximum atomic E-state index is 14.4. The smallest absolute Gasteiger partial charge is 0.346 e. The molecule has 0 aliphatic carbocycles. The van der Waals surface area contributed by atoms with E-state index in [1.165, 1.54) is 30.3 Å². The predicted molar refractivity (Wildman–Crippen MR) is 78.5 cm³/mol. The molecule has 0 bridgehead atoms. The van der Waals surface area contributed by atoms with Gasteiger partial charge in [-0.2, -0.15) is 0 Å². The minimum atomic E-state index is -3.93. The van der Waals surface area contributed by atoms with Gasteiger partial charge in [0.15, 0.2) is 0 Å². The second-order valence-electron chi connectivity index (χ2n) is 4.73. The molecule has 2 N–H and O–H groups in total. The summed E-state index contributed by atoms with van der Waals surface area (Å²) in [5.74, 6) is -3.18. The first-order valence-electron chi connectivity index (χ1n) is 6.58. The summed E-state index contributed by atoms with van der Waals surface area (Å²) in [4.78, 5) is 21.0. The lowest BCUT2D eigenvalue weighted by molar-refractivity contribution is -0.153. The van der Waals surface area contributed by atoms with Crippen LogP contribution in [0.3, 0.4) is 0 Å². The van der Waals surface area contributed by atoms with Gasteiger partial charge in [-0.3, -0.25) is 9.09 Å². The van der Waals surface area contributed by atoms with Crippen LogP contribution in [0.1, 0.15) is 23.1 Å². The Morgan fingerprint density at radius 2 is 1.75 bits per heavy atom. The van der Waals surface area contributed by atoms with E-state index in [2.05, 4.69) is 4.52 Å². The van der Waals surface area contributed by atoms with Gasteiger partial charge < -0.3 is 10.00 Å². The fourth-order valence-corrected chi connectivity index (χ4v) is 3.00. The normalized spacial score (nSPS) is 15.0. The monoisotopic (exact) mass is 360 g/mol. The lowest BCUT2D eigenvalue weighted by Crippen LogP contribution is -2.40. The number of carbonyl (C=O) groups is 1. The minimum Gasteiger partial charge on any atom is -0.479 e. The quantitative estimate of drug-likeness (QED) is 0.771. The molecule has 24 heavy (non-hydrogen) atoms. The molecule has 0 fully saturated rings. The van der Waals surface area contributed by atoms with E-state index < -0.39 is 43.2 Å². The number of aliphatic carboxylic acids is 1. The molecule has 0 aromatic heterocycles. The van der Waals surface area contributed by atoms with Crippen LogP contribution in [0.5, 0.6) is 0 Å². The van der Waals surface area contributed by atoms with Crippen molar-refractivity contribution >= 4 is 14.2 Å². The van der Waals surface area contributed by atoms with Gasteiger partial charge in [0.2, 0.25) is 5.60 Å². The Labute approximate surface area is 135 Å². The van der Waals surface area contributed by atoms with E-state index in [0.717, 1.165) is 18.2 Å². The molecular weight excluding hydrogens is 348 g/mol. The fourth-order valence-electron chi connectivity index (χ4n) is 2.43. The highest BCUT2D eigenvalue weighted by molar-refractivity contribution is 7.32. The molecule has 2 atom stereocenters. The summed E-state index contributed by atoms with van der Waals surface area (Å²) < 4.78 is 56.9. The number of benzene rings is 2. The number of alkyl halides is 2. The highest BCUT2D eigenvalue weighted by atomic mass is 31.1. The van der Waals surface area contributed by atoms with Crippen molar-refractivity contribution in [3.8, 4) is 0 Å². The van der Waals surface area contributed by atoms with Crippen molar-refractivity contribution < 1.29 is 37.1 Å². The van der Waals surface area contributed by atoms with Crippen molar-refractivity contribution in [1.82, 2.24) is 0 Å². The molecule has 2 unspecified atom stereocenters. The van der Waals surface area contributed by atoms with Crippen LogP contribution in [0.15, 0.2) is 48.5 Å². The summed E-state index contributed by atoms with van der Waals surface area (Å²) >= 11 is 0. The van der Waals surface area contributed by atoms with Gasteiger partial charge in [-0.05, 0) is 6.07 Å². The van der Waals surface area contributed by atoms with Gasteiger partial charge in [-0.1, -0.05) is 42.5 Å². The third kappa shape index (κ3) is 3.21. The van der Waals surface area contributed by atoms with Crippen molar-refractivity contribution in [2.24, 2.45) is 0 Å². The van der Waals surface area contributed by atoms with Crippen LogP contribution >= 0.6 is 8.25 Å². The van der Waals surface area contributed by atoms with E-state index in [1.54, 1.807) is 0 Å². The van der Waals surface area contributed by atoms with Crippen molar-refractivity contribution in [3.05, 3.63) is 71.0 Å². The van der Waals surface area contributed by atoms with Crippen molar-refractivity contribution in [1.29, 1.82) is 0 Å². The number of carboxylic acids is 1. The Bertz CT molecular complexity index is 769. The summed E-state index contributed by atoms with van der Waals surface area (Å²) in [7, 11) is -3.93. The summed E-state index contributed by atoms with van der Waals surface area (Å²) in [6, 6.07) is 9.21. The SMILES string of the molecule is O=C(O)C(O[PH](=O)O)(c1ccccc1)c1c(F)cccc1C(F)F. The molecule has 0 amide bonds. The summed E-state index contributed by atoms with van der Waals surface area (Å²) in [6.07, 6.45) is -3.22. The molecule has 128 valence electrons. The second kappa shape index (κ2) is 7.17. The zero-order valence-electron chi connectivity index (χ0n) is 11.9. The van der Waals surface area contributed by atoms with Crippen LogP contribution < -0.4 is 0 Å². The molecule has 0 heterocycles. The van der Waals surface area contributed by atoms with E-state index in [0.29, 0.717) is 0 Å². The lowest BCUT2D eigenvalue weighted by Gasteiger charge is -2.31. The van der Waals surface area contributed by atoms with E-state index in [-0.39, 0.29) is 5.56 Å². The molecule has 0 saturated heterocycles. The van der Waals surface area contributed by atoms with Gasteiger partial charge in [0, 0.05) is 16.7 Å². The molecule has 0 aliphatic rings. The molecular formula is C15H12F3O5P. The first kappa shape index (κ1) is 18.2. The van der Waals surface area contributed by atoms with Gasteiger partial charge in [0.05, 0.1) is 0 Å². The average molecular weight is 360 g/mol. The van der Waals surface area contributed by atoms with Gasteiger partial charge in [0.1, 0.15) is 5.82 Å². The highest BCUT2D eigenvalue weighted by Crippen LogP contribution is 2.45. The van der Waals surface area contributed by atoms with Crippen molar-refractivity contribution in [2.75, 3.05) is 0 Å². The van der Waals surface area contributed by atoms with Crippen LogP contribution in [0.4, 0.5) is 13.2 Å². The maximum absolute atomic E-state index is 14.4. The van der Waals surface area contributed by atoms with E-state index in [9.17, 15) is 27.6 Å². The highest BCUT2D eigenvalue weighted by Gasteiger charge is 2.49. The van der Waals surface area contributed by atoms with Crippen LogP contribution in [0.2, 0.25) is 0 Å². The predicted octanol–water partition coefficient (Wildman–Crippen LogP) is 3.49. The van der Waals surface area contributed by atoms with E-state index in [4.69, 9.17) is 4.89 Å².